The van der Waals surface area contributed by atoms with Gasteiger partial charge >= 0.3 is 0 Å². The van der Waals surface area contributed by atoms with E-state index in [1.807, 2.05) is 70.1 Å². The lowest BCUT2D eigenvalue weighted by atomic mass is 10.2. The van der Waals surface area contributed by atoms with Crippen LogP contribution in [0.25, 0.3) is 0 Å². The van der Waals surface area contributed by atoms with Crippen molar-refractivity contribution in [3.8, 4) is 11.5 Å². The summed E-state index contributed by atoms with van der Waals surface area (Å²) in [4.78, 5) is 0. The second-order valence-corrected chi connectivity index (χ2v) is 13.1. The molecule has 2 aromatic carbocycles. The van der Waals surface area contributed by atoms with E-state index in [0.717, 1.165) is 37.7 Å². The maximum atomic E-state index is 5.98. The first-order valence-electron chi connectivity index (χ1n) is 10.7. The Morgan fingerprint density at radius 2 is 1.12 bits per heavy atom. The van der Waals surface area contributed by atoms with Crippen molar-refractivity contribution in [2.24, 2.45) is 0 Å². The largest absolute Gasteiger partial charge is 0.492 e. The van der Waals surface area contributed by atoms with Crippen LogP contribution in [0, 0.1) is 0 Å². The number of rotatable bonds is 15. The molecule has 4 nitrogen and oxygen atoms in total. The third-order valence-electron chi connectivity index (χ3n) is 4.28. The van der Waals surface area contributed by atoms with Crippen LogP contribution in [0.2, 0.25) is 10.0 Å². The quantitative estimate of drug-likeness (QED) is 0.206. The molecule has 0 aromatic heterocycles. The summed E-state index contributed by atoms with van der Waals surface area (Å²) in [5, 5.41) is 8.37. The molecule has 8 heteroatoms. The molecule has 2 N–H and O–H groups in total. The first-order chi connectivity index (χ1) is 15.2. The van der Waals surface area contributed by atoms with Crippen molar-refractivity contribution in [1.82, 2.24) is 10.6 Å². The normalized spacial score (nSPS) is 12.1. The molecule has 0 aliphatic rings. The van der Waals surface area contributed by atoms with Crippen molar-refractivity contribution in [1.29, 1.82) is 0 Å². The SMILES string of the molecule is CC(C)(CNCCOc1cccc(Cl)c1)SSC(C)(C)CNCCOc1cccc(Cl)c1. The molecule has 0 atom stereocenters. The minimum absolute atomic E-state index is 0.105. The smallest absolute Gasteiger partial charge is 0.120 e. The summed E-state index contributed by atoms with van der Waals surface area (Å²) in [5.74, 6) is 1.60. The van der Waals surface area contributed by atoms with Gasteiger partial charge in [-0.15, -0.1) is 0 Å². The van der Waals surface area contributed by atoms with Crippen LogP contribution in [-0.4, -0.2) is 48.9 Å². The van der Waals surface area contributed by atoms with Crippen molar-refractivity contribution in [2.45, 2.75) is 37.2 Å². The van der Waals surface area contributed by atoms with E-state index in [1.54, 1.807) is 0 Å². The molecule has 32 heavy (non-hydrogen) atoms. The van der Waals surface area contributed by atoms with E-state index in [2.05, 4.69) is 38.3 Å². The molecule has 0 saturated heterocycles. The van der Waals surface area contributed by atoms with Gasteiger partial charge in [0.25, 0.3) is 0 Å². The van der Waals surface area contributed by atoms with E-state index in [0.29, 0.717) is 23.3 Å². The Bertz CT molecular complexity index is 755. The van der Waals surface area contributed by atoms with Crippen molar-refractivity contribution in [3.05, 3.63) is 58.6 Å². The van der Waals surface area contributed by atoms with Crippen LogP contribution in [0.15, 0.2) is 48.5 Å². The number of halogens is 2. The Morgan fingerprint density at radius 1 is 0.719 bits per heavy atom. The summed E-state index contributed by atoms with van der Waals surface area (Å²) in [6, 6.07) is 15.0. The molecule has 0 unspecified atom stereocenters. The van der Waals surface area contributed by atoms with Crippen LogP contribution in [0.3, 0.4) is 0 Å². The molecule has 2 aromatic rings. The van der Waals surface area contributed by atoms with Gasteiger partial charge in [0.05, 0.1) is 0 Å². The molecule has 0 bridgehead atoms. The van der Waals surface area contributed by atoms with E-state index in [1.165, 1.54) is 0 Å². The Balaban J connectivity index is 1.56. The fraction of sp³-hybridized carbons (Fsp3) is 0.500. The summed E-state index contributed by atoms with van der Waals surface area (Å²) < 4.78 is 11.7. The van der Waals surface area contributed by atoms with Crippen molar-refractivity contribution < 1.29 is 9.47 Å². The summed E-state index contributed by atoms with van der Waals surface area (Å²) in [6.45, 7) is 13.7. The zero-order valence-electron chi connectivity index (χ0n) is 19.3. The Kier molecular flexibility index (Phi) is 11.9. The molecular weight excluding hydrogens is 483 g/mol. The second-order valence-electron chi connectivity index (χ2n) is 8.65. The van der Waals surface area contributed by atoms with E-state index in [9.17, 15) is 0 Å². The molecule has 0 aliphatic heterocycles. The zero-order chi connectivity index (χ0) is 23.5. The van der Waals surface area contributed by atoms with Gasteiger partial charge in [-0.3, -0.25) is 0 Å². The molecule has 0 heterocycles. The summed E-state index contributed by atoms with van der Waals surface area (Å²) in [7, 11) is 3.83. The third kappa shape index (κ3) is 11.9. The Hall–Kier alpha value is -0.760. The van der Waals surface area contributed by atoms with Gasteiger partial charge in [-0.2, -0.15) is 0 Å². The van der Waals surface area contributed by atoms with Crippen molar-refractivity contribution in [2.75, 3.05) is 39.4 Å². The average Bonchev–Trinajstić information content (AvgIpc) is 2.72. The standard InChI is InChI=1S/C24H34Cl2N2O2S2/c1-23(2,17-27-11-13-29-21-9-5-7-19(25)15-21)31-32-24(3,4)18-28-12-14-30-22-10-6-8-20(26)16-22/h5-10,15-16,27-28H,11-14,17-18H2,1-4H3. The summed E-state index contributed by atoms with van der Waals surface area (Å²) >= 11 is 12.0. The highest BCUT2D eigenvalue weighted by molar-refractivity contribution is 8.77. The summed E-state index contributed by atoms with van der Waals surface area (Å²) in [6.07, 6.45) is 0. The zero-order valence-corrected chi connectivity index (χ0v) is 22.4. The molecule has 0 spiro atoms. The number of nitrogens with one attached hydrogen (secondary N) is 2. The van der Waals surface area contributed by atoms with E-state index >= 15 is 0 Å². The minimum Gasteiger partial charge on any atom is -0.492 e. The number of hydrogen-bond acceptors (Lipinski definition) is 6. The van der Waals surface area contributed by atoms with Crippen molar-refractivity contribution >= 4 is 44.8 Å². The van der Waals surface area contributed by atoms with Gasteiger partial charge in [-0.1, -0.05) is 56.9 Å². The lowest BCUT2D eigenvalue weighted by molar-refractivity contribution is 0.312. The lowest BCUT2D eigenvalue weighted by Gasteiger charge is -2.30. The highest BCUT2D eigenvalue weighted by atomic mass is 35.5. The topological polar surface area (TPSA) is 42.5 Å². The molecule has 2 rings (SSSR count). The van der Waals surface area contributed by atoms with Gasteiger partial charge in [-0.25, -0.2) is 0 Å². The number of benzene rings is 2. The second kappa shape index (κ2) is 13.8. The summed E-state index contributed by atoms with van der Waals surface area (Å²) in [5.41, 5.74) is 0. The molecular formula is C24H34Cl2N2O2S2. The predicted molar refractivity (Wildman–Crippen MR) is 143 cm³/mol. The average molecular weight is 518 g/mol. The van der Waals surface area contributed by atoms with Gasteiger partial charge in [0.2, 0.25) is 0 Å². The molecule has 0 radical (unpaired) electrons. The first-order valence-corrected chi connectivity index (χ1v) is 13.6. The highest BCUT2D eigenvalue weighted by Crippen LogP contribution is 2.43. The molecule has 0 fully saturated rings. The van der Waals surface area contributed by atoms with Crippen LogP contribution in [0.5, 0.6) is 11.5 Å². The van der Waals surface area contributed by atoms with Crippen LogP contribution < -0.4 is 20.1 Å². The monoisotopic (exact) mass is 516 g/mol. The van der Waals surface area contributed by atoms with E-state index in [-0.39, 0.29) is 9.49 Å². The lowest BCUT2D eigenvalue weighted by Crippen LogP contribution is -2.37. The van der Waals surface area contributed by atoms with Gasteiger partial charge in [-0.05, 0) is 64.1 Å². The van der Waals surface area contributed by atoms with Crippen LogP contribution in [-0.2, 0) is 0 Å². The Labute approximate surface area is 210 Å². The van der Waals surface area contributed by atoms with E-state index in [4.69, 9.17) is 32.7 Å². The van der Waals surface area contributed by atoms with Crippen LogP contribution in [0.1, 0.15) is 27.7 Å². The molecule has 0 saturated carbocycles. The van der Waals surface area contributed by atoms with E-state index < -0.39 is 0 Å². The van der Waals surface area contributed by atoms with Crippen LogP contribution in [0.4, 0.5) is 0 Å². The fourth-order valence-corrected chi connectivity index (χ4v) is 5.50. The minimum atomic E-state index is 0.105. The molecule has 178 valence electrons. The molecule has 0 amide bonds. The van der Waals surface area contributed by atoms with Gasteiger partial charge in [0.1, 0.15) is 24.7 Å². The van der Waals surface area contributed by atoms with Gasteiger partial charge in [0.15, 0.2) is 0 Å². The Morgan fingerprint density at radius 3 is 1.50 bits per heavy atom. The maximum absolute atomic E-state index is 5.98. The number of ether oxygens (including phenoxy) is 2. The van der Waals surface area contributed by atoms with Crippen molar-refractivity contribution in [3.63, 3.8) is 0 Å². The first kappa shape index (κ1) is 27.5. The maximum Gasteiger partial charge on any atom is 0.120 e. The fourth-order valence-electron chi connectivity index (χ4n) is 2.66. The predicted octanol–water partition coefficient (Wildman–Crippen LogP) is 6.57. The van der Waals surface area contributed by atoms with Crippen LogP contribution >= 0.6 is 44.8 Å². The number of hydrogen-bond donors (Lipinski definition) is 2. The molecule has 0 aliphatic carbocycles. The highest BCUT2D eigenvalue weighted by Gasteiger charge is 2.25. The van der Waals surface area contributed by atoms with Gasteiger partial charge < -0.3 is 20.1 Å². The third-order valence-corrected chi connectivity index (χ3v) is 8.98. The van der Waals surface area contributed by atoms with Gasteiger partial charge in [0, 0.05) is 45.7 Å².